The molecule has 0 aromatic carbocycles. The van der Waals surface area contributed by atoms with Gasteiger partial charge in [0.15, 0.2) is 6.10 Å². The van der Waals surface area contributed by atoms with Crippen LogP contribution in [-0.2, 0) is 32.7 Å². The van der Waals surface area contributed by atoms with E-state index in [-0.39, 0.29) is 12.8 Å². The third kappa shape index (κ3) is 29.0. The van der Waals surface area contributed by atoms with Crippen molar-refractivity contribution in [3.8, 4) is 0 Å². The van der Waals surface area contributed by atoms with Crippen LogP contribution >= 0.6 is 7.82 Å². The van der Waals surface area contributed by atoms with Crippen molar-refractivity contribution < 1.29 is 63.1 Å². The van der Waals surface area contributed by atoms with Crippen LogP contribution in [0.3, 0.4) is 0 Å². The molecule has 354 valence electrons. The number of carbonyl (C=O) groups is 2. The van der Waals surface area contributed by atoms with Crippen LogP contribution in [0.25, 0.3) is 0 Å². The van der Waals surface area contributed by atoms with Crippen LogP contribution in [0.2, 0.25) is 0 Å². The van der Waals surface area contributed by atoms with Crippen molar-refractivity contribution >= 4 is 19.8 Å². The molecule has 1 fully saturated rings. The third-order valence-electron chi connectivity index (χ3n) is 11.4. The highest BCUT2D eigenvalue weighted by Crippen LogP contribution is 2.47. The maximum absolute atomic E-state index is 12.8. The van der Waals surface area contributed by atoms with Gasteiger partial charge in [0, 0.05) is 12.8 Å². The molecule has 0 aliphatic heterocycles. The predicted octanol–water partition coefficient (Wildman–Crippen LogP) is 9.45. The molecule has 0 spiro atoms. The quantitative estimate of drug-likeness (QED) is 0.0147. The fourth-order valence-corrected chi connectivity index (χ4v) is 8.42. The molecule has 8 atom stereocenters. The van der Waals surface area contributed by atoms with E-state index in [1.54, 1.807) is 0 Å². The van der Waals surface area contributed by atoms with E-state index in [2.05, 4.69) is 26.0 Å². The van der Waals surface area contributed by atoms with Crippen molar-refractivity contribution in [1.82, 2.24) is 0 Å². The Morgan fingerprint density at radius 1 is 0.500 bits per heavy atom. The van der Waals surface area contributed by atoms with E-state index < -0.39 is 75.7 Å². The smallest absolute Gasteiger partial charge is 0.462 e. The number of hydrogen-bond acceptors (Lipinski definition) is 12. The molecule has 1 saturated carbocycles. The Balaban J connectivity index is 2.43. The first-order chi connectivity index (χ1) is 28.9. The minimum Gasteiger partial charge on any atom is -0.462 e. The zero-order valence-corrected chi connectivity index (χ0v) is 38.4. The van der Waals surface area contributed by atoms with Gasteiger partial charge in [0.25, 0.3) is 0 Å². The molecular formula is C46H87O13P. The SMILES string of the molecule is CCCC/C=C/CCCCCCCCCCCC(=O)OC[C@H](COP(=O)(O)OC1C(O)C(O)C(O)[C@@H](O)C1O)OC(=O)CCCCCCCCCCCCCCCCCC. The van der Waals surface area contributed by atoms with Gasteiger partial charge in [-0.05, 0) is 32.1 Å². The summed E-state index contributed by atoms with van der Waals surface area (Å²) in [4.78, 5) is 35.7. The van der Waals surface area contributed by atoms with Gasteiger partial charge in [-0.3, -0.25) is 18.6 Å². The largest absolute Gasteiger partial charge is 0.472 e. The second-order valence-electron chi connectivity index (χ2n) is 17.0. The Morgan fingerprint density at radius 2 is 0.867 bits per heavy atom. The van der Waals surface area contributed by atoms with Crippen molar-refractivity contribution in [3.63, 3.8) is 0 Å². The first-order valence-corrected chi connectivity index (χ1v) is 25.5. The second-order valence-corrected chi connectivity index (χ2v) is 18.4. The fraction of sp³-hybridized carbons (Fsp3) is 0.913. The number of ether oxygens (including phenoxy) is 2. The Bertz CT molecular complexity index is 1110. The minimum absolute atomic E-state index is 0.102. The van der Waals surface area contributed by atoms with Crippen LogP contribution in [0, 0.1) is 0 Å². The lowest BCUT2D eigenvalue weighted by atomic mass is 9.85. The van der Waals surface area contributed by atoms with Crippen LogP contribution in [-0.4, -0.2) is 98.3 Å². The molecule has 6 N–H and O–H groups in total. The summed E-state index contributed by atoms with van der Waals surface area (Å²) in [6.07, 6.45) is 25.4. The van der Waals surface area contributed by atoms with Crippen molar-refractivity contribution in [1.29, 1.82) is 0 Å². The molecule has 0 aromatic rings. The molecule has 60 heavy (non-hydrogen) atoms. The number of carbonyl (C=O) groups excluding carboxylic acids is 2. The molecule has 0 heterocycles. The summed E-state index contributed by atoms with van der Waals surface area (Å²) < 4.78 is 33.6. The van der Waals surface area contributed by atoms with Gasteiger partial charge in [0.05, 0.1) is 6.61 Å². The number of aliphatic hydroxyl groups is 5. The lowest BCUT2D eigenvalue weighted by Crippen LogP contribution is -2.64. The lowest BCUT2D eigenvalue weighted by Gasteiger charge is -2.41. The van der Waals surface area contributed by atoms with E-state index in [0.29, 0.717) is 12.8 Å². The highest BCUT2D eigenvalue weighted by molar-refractivity contribution is 7.47. The van der Waals surface area contributed by atoms with Gasteiger partial charge in [-0.15, -0.1) is 0 Å². The van der Waals surface area contributed by atoms with E-state index in [0.717, 1.165) is 44.9 Å². The summed E-state index contributed by atoms with van der Waals surface area (Å²) in [7, 11) is -5.11. The predicted molar refractivity (Wildman–Crippen MR) is 235 cm³/mol. The molecule has 1 aliphatic carbocycles. The normalized spacial score (nSPS) is 22.2. The average Bonchev–Trinajstić information content (AvgIpc) is 3.23. The maximum Gasteiger partial charge on any atom is 0.472 e. The van der Waals surface area contributed by atoms with Crippen LogP contribution < -0.4 is 0 Å². The summed E-state index contributed by atoms with van der Waals surface area (Å²) in [6, 6.07) is 0. The molecule has 1 rings (SSSR count). The van der Waals surface area contributed by atoms with Gasteiger partial charge >= 0.3 is 19.8 Å². The number of esters is 2. The first-order valence-electron chi connectivity index (χ1n) is 24.0. The summed E-state index contributed by atoms with van der Waals surface area (Å²) in [6.45, 7) is 3.29. The number of unbranched alkanes of at least 4 members (excludes halogenated alkanes) is 26. The van der Waals surface area contributed by atoms with Gasteiger partial charge < -0.3 is 39.9 Å². The van der Waals surface area contributed by atoms with Crippen LogP contribution in [0.4, 0.5) is 0 Å². The van der Waals surface area contributed by atoms with E-state index in [1.165, 1.54) is 128 Å². The van der Waals surface area contributed by atoms with E-state index in [1.807, 2.05) is 0 Å². The van der Waals surface area contributed by atoms with E-state index in [4.69, 9.17) is 18.5 Å². The van der Waals surface area contributed by atoms with Crippen LogP contribution in [0.1, 0.15) is 213 Å². The maximum atomic E-state index is 12.8. The molecule has 0 radical (unpaired) electrons. The number of phosphoric ester groups is 1. The molecular weight excluding hydrogens is 791 g/mol. The van der Waals surface area contributed by atoms with Gasteiger partial charge in [-0.25, -0.2) is 4.57 Å². The standard InChI is InChI=1S/C46H87O13P/c1-3-5-7-9-11-13-15-17-19-21-23-25-27-29-31-33-35-40(48)58-38(37-57-60(54,55)59-46-44(52)42(50)41(49)43(51)45(46)53)36-56-39(47)34-32-30-28-26-24-22-20-18-16-14-12-10-8-6-4-2/h10,12,38,41-46,49-53H,3-9,11,13-37H2,1-2H3,(H,54,55)/b12-10+/t38-,41?,42-,43?,44?,45?,46?/m1/s1. The fourth-order valence-electron chi connectivity index (χ4n) is 7.45. The van der Waals surface area contributed by atoms with E-state index in [9.17, 15) is 44.6 Å². The minimum atomic E-state index is -5.11. The molecule has 6 unspecified atom stereocenters. The van der Waals surface area contributed by atoms with Gasteiger partial charge in [-0.2, -0.15) is 0 Å². The molecule has 0 amide bonds. The molecule has 0 aromatic heterocycles. The summed E-state index contributed by atoms with van der Waals surface area (Å²) >= 11 is 0. The summed E-state index contributed by atoms with van der Waals surface area (Å²) in [5.41, 5.74) is 0. The number of phosphoric acid groups is 1. The zero-order chi connectivity index (χ0) is 44.3. The van der Waals surface area contributed by atoms with Crippen molar-refractivity contribution in [2.24, 2.45) is 0 Å². The Kier molecular flexibility index (Phi) is 34.9. The molecule has 0 bridgehead atoms. The Hall–Kier alpha value is -1.41. The number of allylic oxidation sites excluding steroid dienone is 2. The molecule has 1 aliphatic rings. The van der Waals surface area contributed by atoms with E-state index >= 15 is 0 Å². The average molecular weight is 879 g/mol. The van der Waals surface area contributed by atoms with Crippen LogP contribution in [0.5, 0.6) is 0 Å². The highest BCUT2D eigenvalue weighted by atomic mass is 31.2. The zero-order valence-electron chi connectivity index (χ0n) is 37.5. The third-order valence-corrected chi connectivity index (χ3v) is 12.3. The van der Waals surface area contributed by atoms with Crippen molar-refractivity contribution in [3.05, 3.63) is 12.2 Å². The molecule has 13 nitrogen and oxygen atoms in total. The first kappa shape index (κ1) is 56.6. The summed E-state index contributed by atoms with van der Waals surface area (Å²) in [5.74, 6) is -1.09. The number of hydrogen-bond donors (Lipinski definition) is 6. The Morgan fingerprint density at radius 3 is 1.32 bits per heavy atom. The molecule has 14 heteroatoms. The van der Waals surface area contributed by atoms with Gasteiger partial charge in [0.2, 0.25) is 0 Å². The van der Waals surface area contributed by atoms with Crippen molar-refractivity contribution in [2.75, 3.05) is 13.2 Å². The topological polar surface area (TPSA) is 210 Å². The second kappa shape index (κ2) is 37.0. The van der Waals surface area contributed by atoms with Gasteiger partial charge in [0.1, 0.15) is 43.2 Å². The van der Waals surface area contributed by atoms with Crippen molar-refractivity contribution in [2.45, 2.75) is 256 Å². The molecule has 0 saturated heterocycles. The monoisotopic (exact) mass is 879 g/mol. The van der Waals surface area contributed by atoms with Gasteiger partial charge in [-0.1, -0.05) is 180 Å². The van der Waals surface area contributed by atoms with Crippen LogP contribution in [0.15, 0.2) is 12.2 Å². The summed E-state index contributed by atoms with van der Waals surface area (Å²) in [5, 5.41) is 50.2. The number of aliphatic hydroxyl groups excluding tert-OH is 5. The Labute approximate surface area is 363 Å². The number of rotatable bonds is 40. The lowest BCUT2D eigenvalue weighted by molar-refractivity contribution is -0.220. The highest BCUT2D eigenvalue weighted by Gasteiger charge is 2.51.